The van der Waals surface area contributed by atoms with Crippen molar-refractivity contribution in [1.29, 1.82) is 0 Å². The topological polar surface area (TPSA) is 60.9 Å². The number of imidazole rings is 1. The second-order valence-corrected chi connectivity index (χ2v) is 5.31. The Morgan fingerprint density at radius 3 is 2.67 bits per heavy atom. The molecular weight excluding hydrogens is 307 g/mol. The zero-order valence-electron chi connectivity index (χ0n) is 11.1. The van der Waals surface area contributed by atoms with Crippen molar-refractivity contribution in [2.45, 2.75) is 31.4 Å². The van der Waals surface area contributed by atoms with Gasteiger partial charge in [-0.25, -0.2) is 4.98 Å². The molecule has 1 heterocycles. The fourth-order valence-electron chi connectivity index (χ4n) is 2.09. The summed E-state index contributed by atoms with van der Waals surface area (Å²) in [4.78, 5) is 15.0. The lowest BCUT2D eigenvalue weighted by Crippen LogP contribution is -2.15. The van der Waals surface area contributed by atoms with Gasteiger partial charge in [-0.3, -0.25) is 4.79 Å². The number of nitrogens with zero attached hydrogens (tertiary/aromatic N) is 2. The Bertz CT molecular complexity index is 679. The van der Waals surface area contributed by atoms with Gasteiger partial charge in [0.15, 0.2) is 0 Å². The highest BCUT2D eigenvalue weighted by atomic mass is 35.5. The Balaban J connectivity index is 2.54. The van der Waals surface area contributed by atoms with Gasteiger partial charge in [0.05, 0.1) is 22.0 Å². The van der Waals surface area contributed by atoms with Crippen LogP contribution in [0.1, 0.15) is 30.1 Å². The summed E-state index contributed by atoms with van der Waals surface area (Å²) in [6.45, 7) is 1.89. The van der Waals surface area contributed by atoms with E-state index in [9.17, 15) is 18.0 Å². The summed E-state index contributed by atoms with van der Waals surface area (Å²) in [6.07, 6.45) is -4.37. The summed E-state index contributed by atoms with van der Waals surface area (Å²) in [6, 6.07) is 3.28. The molecule has 0 fully saturated rings. The molecule has 21 heavy (non-hydrogen) atoms. The Morgan fingerprint density at radius 1 is 1.48 bits per heavy atom. The first-order chi connectivity index (χ1) is 9.70. The summed E-state index contributed by atoms with van der Waals surface area (Å²) in [5.41, 5.74) is 5.02. The number of amides is 1. The van der Waals surface area contributed by atoms with Crippen molar-refractivity contribution in [2.75, 3.05) is 0 Å². The van der Waals surface area contributed by atoms with Crippen LogP contribution in [0.5, 0.6) is 0 Å². The third kappa shape index (κ3) is 3.29. The Labute approximate surface area is 123 Å². The van der Waals surface area contributed by atoms with Crippen molar-refractivity contribution in [2.24, 2.45) is 5.73 Å². The lowest BCUT2D eigenvalue weighted by atomic mass is 10.2. The molecule has 1 aromatic heterocycles. The summed E-state index contributed by atoms with van der Waals surface area (Å²) >= 11 is 6.00. The van der Waals surface area contributed by atoms with Crippen molar-refractivity contribution in [3.63, 3.8) is 0 Å². The molecule has 0 saturated carbocycles. The molecule has 0 aliphatic carbocycles. The zero-order chi connectivity index (χ0) is 15.8. The first-order valence-electron chi connectivity index (χ1n) is 6.20. The number of halogens is 4. The predicted molar refractivity (Wildman–Crippen MR) is 72.8 cm³/mol. The fourth-order valence-corrected chi connectivity index (χ4v) is 2.25. The van der Waals surface area contributed by atoms with Crippen molar-refractivity contribution < 1.29 is 18.0 Å². The van der Waals surface area contributed by atoms with Crippen LogP contribution in [0.15, 0.2) is 18.2 Å². The summed E-state index contributed by atoms with van der Waals surface area (Å²) in [5, 5.41) is -0.500. The van der Waals surface area contributed by atoms with Gasteiger partial charge in [0.2, 0.25) is 5.91 Å². The van der Waals surface area contributed by atoms with Crippen molar-refractivity contribution in [3.8, 4) is 0 Å². The lowest BCUT2D eigenvalue weighted by Gasteiger charge is -2.10. The van der Waals surface area contributed by atoms with E-state index in [-0.39, 0.29) is 18.5 Å². The molecule has 2 N–H and O–H groups in total. The third-order valence-corrected chi connectivity index (χ3v) is 3.24. The van der Waals surface area contributed by atoms with E-state index < -0.39 is 23.0 Å². The maximum atomic E-state index is 12.7. The zero-order valence-corrected chi connectivity index (χ0v) is 11.9. The molecule has 0 bridgehead atoms. The average molecular weight is 320 g/mol. The number of fused-ring (bicyclic) bond motifs is 1. The maximum Gasteiger partial charge on any atom is 0.416 e. The number of alkyl halides is 4. The predicted octanol–water partition coefficient (Wildman–Crippen LogP) is 3.23. The monoisotopic (exact) mass is 319 g/mol. The van der Waals surface area contributed by atoms with Crippen LogP contribution in [0.2, 0.25) is 0 Å². The summed E-state index contributed by atoms with van der Waals surface area (Å²) in [5.74, 6) is -0.0934. The number of aromatic nitrogens is 2. The number of benzene rings is 1. The Hall–Kier alpha value is -1.76. The van der Waals surface area contributed by atoms with Crippen LogP contribution in [-0.2, 0) is 17.5 Å². The molecule has 0 aliphatic rings. The van der Waals surface area contributed by atoms with Gasteiger partial charge in [0, 0.05) is 13.0 Å². The van der Waals surface area contributed by atoms with Crippen LogP contribution >= 0.6 is 11.6 Å². The fraction of sp³-hybridized carbons (Fsp3) is 0.385. The van der Waals surface area contributed by atoms with E-state index >= 15 is 0 Å². The number of hydrogen-bond donors (Lipinski definition) is 1. The quantitative estimate of drug-likeness (QED) is 0.879. The van der Waals surface area contributed by atoms with E-state index in [1.54, 1.807) is 11.5 Å². The van der Waals surface area contributed by atoms with Crippen LogP contribution < -0.4 is 5.73 Å². The SMILES string of the molecule is CC(Cl)c1nc2cc(C(F)(F)F)ccc2n1CCC(N)=O. The summed E-state index contributed by atoms with van der Waals surface area (Å²) < 4.78 is 39.8. The number of nitrogens with two attached hydrogens (primary N) is 1. The molecule has 2 aromatic rings. The second-order valence-electron chi connectivity index (χ2n) is 4.66. The minimum atomic E-state index is -4.43. The largest absolute Gasteiger partial charge is 0.416 e. The first kappa shape index (κ1) is 15.6. The smallest absolute Gasteiger partial charge is 0.370 e. The van der Waals surface area contributed by atoms with E-state index in [2.05, 4.69) is 4.98 Å². The van der Waals surface area contributed by atoms with Gasteiger partial charge in [-0.1, -0.05) is 0 Å². The highest BCUT2D eigenvalue weighted by Crippen LogP contribution is 2.32. The number of primary amides is 1. The van der Waals surface area contributed by atoms with Gasteiger partial charge in [-0.2, -0.15) is 13.2 Å². The Morgan fingerprint density at radius 2 is 2.14 bits per heavy atom. The Kier molecular flexibility index (Phi) is 4.13. The van der Waals surface area contributed by atoms with E-state index in [1.807, 2.05) is 0 Å². The van der Waals surface area contributed by atoms with E-state index in [0.29, 0.717) is 11.3 Å². The number of carbonyl (C=O) groups is 1. The first-order valence-corrected chi connectivity index (χ1v) is 6.63. The van der Waals surface area contributed by atoms with Gasteiger partial charge in [-0.15, -0.1) is 11.6 Å². The molecule has 0 aliphatic heterocycles. The van der Waals surface area contributed by atoms with Crippen LogP contribution in [0.3, 0.4) is 0 Å². The molecule has 114 valence electrons. The van der Waals surface area contributed by atoms with Crippen molar-refractivity contribution in [1.82, 2.24) is 9.55 Å². The highest BCUT2D eigenvalue weighted by molar-refractivity contribution is 6.20. The van der Waals surface area contributed by atoms with Crippen LogP contribution in [-0.4, -0.2) is 15.5 Å². The number of carbonyl (C=O) groups excluding carboxylic acids is 1. The molecule has 0 saturated heterocycles. The summed E-state index contributed by atoms with van der Waals surface area (Å²) in [7, 11) is 0. The number of hydrogen-bond acceptors (Lipinski definition) is 2. The molecule has 1 aromatic carbocycles. The average Bonchev–Trinajstić information content (AvgIpc) is 2.73. The van der Waals surface area contributed by atoms with E-state index in [0.717, 1.165) is 12.1 Å². The normalized spacial score (nSPS) is 13.6. The van der Waals surface area contributed by atoms with Gasteiger partial charge in [-0.05, 0) is 25.1 Å². The molecule has 1 amide bonds. The van der Waals surface area contributed by atoms with Crippen LogP contribution in [0.4, 0.5) is 13.2 Å². The number of aryl methyl sites for hydroxylation is 1. The maximum absolute atomic E-state index is 12.7. The van der Waals surface area contributed by atoms with Gasteiger partial charge in [0.1, 0.15) is 5.82 Å². The third-order valence-electron chi connectivity index (χ3n) is 3.04. The lowest BCUT2D eigenvalue weighted by molar-refractivity contribution is -0.137. The minimum Gasteiger partial charge on any atom is -0.370 e. The molecule has 1 atom stereocenters. The molecule has 0 spiro atoms. The molecule has 2 rings (SSSR count). The number of rotatable bonds is 4. The molecular formula is C13H13ClF3N3O. The molecule has 1 unspecified atom stereocenters. The molecule has 8 heteroatoms. The highest BCUT2D eigenvalue weighted by Gasteiger charge is 2.31. The van der Waals surface area contributed by atoms with Crippen molar-refractivity contribution in [3.05, 3.63) is 29.6 Å². The van der Waals surface area contributed by atoms with E-state index in [1.165, 1.54) is 6.07 Å². The molecule has 4 nitrogen and oxygen atoms in total. The second kappa shape index (κ2) is 5.55. The van der Waals surface area contributed by atoms with Crippen molar-refractivity contribution >= 4 is 28.5 Å². The van der Waals surface area contributed by atoms with Gasteiger partial charge in [0.25, 0.3) is 0 Å². The van der Waals surface area contributed by atoms with E-state index in [4.69, 9.17) is 17.3 Å². The van der Waals surface area contributed by atoms with Gasteiger partial charge >= 0.3 is 6.18 Å². The molecule has 0 radical (unpaired) electrons. The van der Waals surface area contributed by atoms with Gasteiger partial charge < -0.3 is 10.3 Å². The minimum absolute atomic E-state index is 0.0586. The van der Waals surface area contributed by atoms with Crippen LogP contribution in [0.25, 0.3) is 11.0 Å². The standard InChI is InChI=1S/C13H13ClF3N3O/c1-7(14)12-19-9-6-8(13(15,16)17)2-3-10(9)20(12)5-4-11(18)21/h2-3,6-7H,4-5H2,1H3,(H2,18,21). The van der Waals surface area contributed by atoms with Crippen LogP contribution in [0, 0.1) is 0 Å².